The molecule has 3 saturated carbocycles. The van der Waals surface area contributed by atoms with E-state index in [0.29, 0.717) is 29.1 Å². The SMILES string of the molecule is C[C@H](NS(=O)(=O)c1ccc(-c2c(C#N)c3ccc(C4CCC4)cc3n2C2CCC2)nc1)C1CC1. The van der Waals surface area contributed by atoms with Crippen LogP contribution < -0.4 is 4.72 Å². The van der Waals surface area contributed by atoms with E-state index in [4.69, 9.17) is 0 Å². The Balaban J connectivity index is 1.43. The van der Waals surface area contributed by atoms with Gasteiger partial charge in [-0.3, -0.25) is 4.98 Å². The lowest BCUT2D eigenvalue weighted by Gasteiger charge is -2.31. The summed E-state index contributed by atoms with van der Waals surface area (Å²) in [5.74, 6) is 1.06. The molecule has 6 rings (SSSR count). The third kappa shape index (κ3) is 3.64. The van der Waals surface area contributed by atoms with Crippen LogP contribution in [0.1, 0.15) is 81.4 Å². The highest BCUT2D eigenvalue weighted by atomic mass is 32.2. The predicted molar refractivity (Wildman–Crippen MR) is 132 cm³/mol. The Labute approximate surface area is 201 Å². The molecule has 1 aromatic carbocycles. The van der Waals surface area contributed by atoms with Crippen LogP contribution in [0.5, 0.6) is 0 Å². The molecule has 0 aliphatic heterocycles. The number of nitriles is 1. The summed E-state index contributed by atoms with van der Waals surface area (Å²) in [6, 6.07) is 12.7. The van der Waals surface area contributed by atoms with E-state index in [9.17, 15) is 13.7 Å². The lowest BCUT2D eigenvalue weighted by molar-refractivity contribution is 0.323. The number of rotatable bonds is 7. The molecule has 3 aliphatic carbocycles. The molecule has 2 heterocycles. The summed E-state index contributed by atoms with van der Waals surface area (Å²) in [5, 5.41) is 11.1. The number of nitrogens with zero attached hydrogens (tertiary/aromatic N) is 3. The molecule has 6 nitrogen and oxygen atoms in total. The van der Waals surface area contributed by atoms with Gasteiger partial charge in [-0.15, -0.1) is 0 Å². The van der Waals surface area contributed by atoms with Crippen molar-refractivity contribution in [1.82, 2.24) is 14.3 Å². The molecule has 3 fully saturated rings. The largest absolute Gasteiger partial charge is 0.335 e. The third-order valence-corrected chi connectivity index (χ3v) is 9.66. The second kappa shape index (κ2) is 8.21. The van der Waals surface area contributed by atoms with Crippen molar-refractivity contribution in [3.8, 4) is 17.5 Å². The minimum Gasteiger partial charge on any atom is -0.335 e. The molecule has 1 atom stereocenters. The molecule has 3 aliphatic rings. The lowest BCUT2D eigenvalue weighted by atomic mass is 9.80. The Bertz CT molecular complexity index is 1390. The van der Waals surface area contributed by atoms with Crippen molar-refractivity contribution >= 4 is 20.9 Å². The Morgan fingerprint density at radius 3 is 2.41 bits per heavy atom. The van der Waals surface area contributed by atoms with Crippen LogP contribution in [0.15, 0.2) is 41.4 Å². The molecule has 1 N–H and O–H groups in total. The van der Waals surface area contributed by atoms with E-state index in [2.05, 4.69) is 38.5 Å². The van der Waals surface area contributed by atoms with Gasteiger partial charge >= 0.3 is 0 Å². The van der Waals surface area contributed by atoms with Gasteiger partial charge in [0.1, 0.15) is 11.0 Å². The predicted octanol–water partition coefficient (Wildman–Crippen LogP) is 5.64. The van der Waals surface area contributed by atoms with Crippen molar-refractivity contribution in [1.29, 1.82) is 5.26 Å². The summed E-state index contributed by atoms with van der Waals surface area (Å²) in [7, 11) is -3.62. The quantitative estimate of drug-likeness (QED) is 0.480. The Hall–Kier alpha value is -2.69. The Morgan fingerprint density at radius 1 is 1.09 bits per heavy atom. The standard InChI is InChI=1S/C27H30N4O2S/c1-17(18-8-9-18)30-34(32,33)22-11-13-25(29-16-22)27-24(15-28)23-12-10-20(19-4-2-5-19)14-26(23)31(27)21-6-3-7-21/h10-14,16-19,21,30H,2-9H2,1H3/t17-/m0/s1. The number of nitrogens with one attached hydrogen (secondary N) is 1. The minimum absolute atomic E-state index is 0.0686. The van der Waals surface area contributed by atoms with Gasteiger partial charge in [0.2, 0.25) is 10.0 Å². The highest BCUT2D eigenvalue weighted by molar-refractivity contribution is 7.89. The highest BCUT2D eigenvalue weighted by Gasteiger charge is 2.32. The fraction of sp³-hybridized carbons (Fsp3) is 0.481. The topological polar surface area (TPSA) is 87.8 Å². The van der Waals surface area contributed by atoms with E-state index < -0.39 is 10.0 Å². The van der Waals surface area contributed by atoms with Gasteiger partial charge in [0.15, 0.2) is 0 Å². The van der Waals surface area contributed by atoms with Crippen LogP contribution in [-0.2, 0) is 10.0 Å². The zero-order valence-corrected chi connectivity index (χ0v) is 20.3. The van der Waals surface area contributed by atoms with Gasteiger partial charge in [-0.1, -0.05) is 18.6 Å². The molecule has 0 spiro atoms. The van der Waals surface area contributed by atoms with Crippen LogP contribution in [0.2, 0.25) is 0 Å². The number of pyridine rings is 1. The Kier molecular flexibility index (Phi) is 5.27. The van der Waals surface area contributed by atoms with Gasteiger partial charge in [0.05, 0.1) is 22.5 Å². The fourth-order valence-electron chi connectivity index (χ4n) is 5.40. The van der Waals surface area contributed by atoms with Gasteiger partial charge < -0.3 is 4.57 Å². The van der Waals surface area contributed by atoms with E-state index in [-0.39, 0.29) is 10.9 Å². The van der Waals surface area contributed by atoms with Crippen molar-refractivity contribution in [3.05, 3.63) is 47.7 Å². The zero-order valence-electron chi connectivity index (χ0n) is 19.5. The summed E-state index contributed by atoms with van der Waals surface area (Å²) >= 11 is 0. The third-order valence-electron chi connectivity index (χ3n) is 8.12. The summed E-state index contributed by atoms with van der Waals surface area (Å²) in [6.45, 7) is 1.92. The first-order chi connectivity index (χ1) is 16.5. The molecule has 0 saturated heterocycles. The summed E-state index contributed by atoms with van der Waals surface area (Å²) < 4.78 is 30.8. The zero-order chi connectivity index (χ0) is 23.4. The molecule has 176 valence electrons. The van der Waals surface area contributed by atoms with E-state index in [1.807, 2.05) is 6.92 Å². The fourth-order valence-corrected chi connectivity index (χ4v) is 6.65. The number of sulfonamides is 1. The van der Waals surface area contributed by atoms with Crippen LogP contribution >= 0.6 is 0 Å². The molecular formula is C27H30N4O2S. The van der Waals surface area contributed by atoms with Crippen LogP contribution in [0.4, 0.5) is 0 Å². The van der Waals surface area contributed by atoms with Crippen LogP contribution in [-0.4, -0.2) is 24.0 Å². The first-order valence-electron chi connectivity index (χ1n) is 12.5. The monoisotopic (exact) mass is 474 g/mol. The molecule has 3 aromatic rings. The van der Waals surface area contributed by atoms with E-state index >= 15 is 0 Å². The maximum absolute atomic E-state index is 12.8. The molecule has 0 bridgehead atoms. The highest BCUT2D eigenvalue weighted by Crippen LogP contribution is 2.44. The van der Waals surface area contributed by atoms with E-state index in [0.717, 1.165) is 42.3 Å². The van der Waals surface area contributed by atoms with Crippen molar-refractivity contribution in [2.24, 2.45) is 5.92 Å². The van der Waals surface area contributed by atoms with Crippen molar-refractivity contribution in [2.45, 2.75) is 81.2 Å². The number of benzene rings is 1. The maximum Gasteiger partial charge on any atom is 0.242 e. The second-order valence-corrected chi connectivity index (χ2v) is 12.0. The van der Waals surface area contributed by atoms with Gasteiger partial charge in [-0.2, -0.15) is 5.26 Å². The van der Waals surface area contributed by atoms with Crippen molar-refractivity contribution in [2.75, 3.05) is 0 Å². The molecule has 0 amide bonds. The van der Waals surface area contributed by atoms with Gasteiger partial charge in [-0.25, -0.2) is 13.1 Å². The molecule has 7 heteroatoms. The molecular weight excluding hydrogens is 444 g/mol. The molecule has 0 unspecified atom stereocenters. The molecule has 0 radical (unpaired) electrons. The summed E-state index contributed by atoms with van der Waals surface area (Å²) in [6.07, 6.45) is 10.7. The average Bonchev–Trinajstić information content (AvgIpc) is 3.55. The van der Waals surface area contributed by atoms with Crippen molar-refractivity contribution < 1.29 is 8.42 Å². The lowest BCUT2D eigenvalue weighted by Crippen LogP contribution is -2.34. The van der Waals surface area contributed by atoms with Gasteiger partial charge in [0.25, 0.3) is 0 Å². The molecule has 2 aromatic heterocycles. The second-order valence-electron chi connectivity index (χ2n) is 10.3. The first-order valence-corrected chi connectivity index (χ1v) is 14.0. The van der Waals surface area contributed by atoms with Gasteiger partial charge in [-0.05, 0) is 87.5 Å². The van der Waals surface area contributed by atoms with Crippen molar-refractivity contribution in [3.63, 3.8) is 0 Å². The van der Waals surface area contributed by atoms with Gasteiger partial charge in [0, 0.05) is 23.7 Å². The normalized spacial score (nSPS) is 20.0. The van der Waals surface area contributed by atoms with Crippen LogP contribution in [0, 0.1) is 17.2 Å². The Morgan fingerprint density at radius 2 is 1.85 bits per heavy atom. The smallest absolute Gasteiger partial charge is 0.242 e. The maximum atomic E-state index is 12.8. The first kappa shape index (κ1) is 21.8. The number of aromatic nitrogens is 2. The number of hydrogen-bond acceptors (Lipinski definition) is 4. The van der Waals surface area contributed by atoms with Crippen LogP contribution in [0.3, 0.4) is 0 Å². The van der Waals surface area contributed by atoms with E-state index in [1.54, 1.807) is 12.1 Å². The van der Waals surface area contributed by atoms with Crippen LogP contribution in [0.25, 0.3) is 22.3 Å². The number of hydrogen-bond donors (Lipinski definition) is 1. The number of fused-ring (bicyclic) bond motifs is 1. The summed E-state index contributed by atoms with van der Waals surface area (Å²) in [4.78, 5) is 4.75. The summed E-state index contributed by atoms with van der Waals surface area (Å²) in [5.41, 5.74) is 4.57. The molecule has 34 heavy (non-hydrogen) atoms. The average molecular weight is 475 g/mol. The van der Waals surface area contributed by atoms with E-state index in [1.165, 1.54) is 37.4 Å². The minimum atomic E-state index is -3.62.